The van der Waals surface area contributed by atoms with Gasteiger partial charge in [0, 0.05) is 0 Å². The smallest absolute Gasteiger partial charge is 0.356 e. The zero-order valence-corrected chi connectivity index (χ0v) is 3.13. The molecule has 0 rings (SSSR count). The van der Waals surface area contributed by atoms with Crippen LogP contribution in [-0.4, -0.2) is 5.09 Å². The maximum Gasteiger partial charge on any atom is 1.00 e. The van der Waals surface area contributed by atoms with E-state index in [1.807, 2.05) is 0 Å². The van der Waals surface area contributed by atoms with E-state index in [1.165, 1.54) is 0 Å². The molecular formula is FeNO3. The molecule has 0 saturated heterocycles. The Morgan fingerprint density at radius 1 is 1.40 bits per heavy atom. The standard InChI is InChI=1S/Fe.NO3/c;2-1(3)4/q+1;-1. The first-order chi connectivity index (χ1) is 1.73. The molecule has 5 heteroatoms. The molecule has 4 nitrogen and oxygen atoms in total. The first-order valence-electron chi connectivity index (χ1n) is 0.548. The number of nitrogens with zero attached hydrogens (tertiary/aromatic N) is 1. The third-order valence-electron chi connectivity index (χ3n) is 0. The molecule has 0 fully saturated rings. The fourth-order valence-electron chi connectivity index (χ4n) is 0. The zero-order valence-electron chi connectivity index (χ0n) is 2.03. The summed E-state index contributed by atoms with van der Waals surface area (Å²) in [7, 11) is 0. The monoisotopic (exact) mass is 118 g/mol. The molecule has 0 saturated carbocycles. The van der Waals surface area contributed by atoms with Crippen LogP contribution in [0.5, 0.6) is 0 Å². The molecule has 0 N–H and O–H groups in total. The Hall–Kier alpha value is -0.281. The molecule has 0 atom stereocenters. The Balaban J connectivity index is 0. The molecular weight excluding hydrogens is 118 g/mol. The van der Waals surface area contributed by atoms with Crippen molar-refractivity contribution in [3.8, 4) is 0 Å². The van der Waals surface area contributed by atoms with Gasteiger partial charge in [-0.1, -0.05) is 0 Å². The van der Waals surface area contributed by atoms with Crippen LogP contribution in [0.3, 0.4) is 0 Å². The molecule has 0 aromatic heterocycles. The van der Waals surface area contributed by atoms with E-state index in [4.69, 9.17) is 15.3 Å². The summed E-state index contributed by atoms with van der Waals surface area (Å²) in [4.78, 5) is 8.25. The fraction of sp³-hybridized carbons (Fsp3) is 0. The van der Waals surface area contributed by atoms with Crippen LogP contribution in [0, 0.1) is 15.3 Å². The van der Waals surface area contributed by atoms with Crippen molar-refractivity contribution < 1.29 is 22.2 Å². The summed E-state index contributed by atoms with van der Waals surface area (Å²) in [6.45, 7) is 0. The Bertz CT molecular complexity index is 29.9. The predicted molar refractivity (Wildman–Crippen MR) is 10.4 cm³/mol. The molecule has 5 heavy (non-hydrogen) atoms. The van der Waals surface area contributed by atoms with E-state index in [1.54, 1.807) is 0 Å². The second kappa shape index (κ2) is 3.72. The summed E-state index contributed by atoms with van der Waals surface area (Å²) in [5.41, 5.74) is 0. The first-order valence-corrected chi connectivity index (χ1v) is 0.548. The number of hydrogen-bond donors (Lipinski definition) is 0. The van der Waals surface area contributed by atoms with E-state index in [-0.39, 0.29) is 17.1 Å². The van der Waals surface area contributed by atoms with Crippen LogP contribution in [0.15, 0.2) is 0 Å². The minimum atomic E-state index is -1.75. The molecule has 1 radical (unpaired) electrons. The SMILES string of the molecule is O=[N+]([O-])[O-].[Fe+]. The second-order valence-corrected chi connectivity index (χ2v) is 0.224. The van der Waals surface area contributed by atoms with Crippen molar-refractivity contribution in [1.82, 2.24) is 0 Å². The van der Waals surface area contributed by atoms with Crippen LogP contribution in [0.2, 0.25) is 0 Å². The van der Waals surface area contributed by atoms with Crippen molar-refractivity contribution in [2.24, 2.45) is 0 Å². The molecule has 0 aliphatic carbocycles. The van der Waals surface area contributed by atoms with Crippen LogP contribution in [0.25, 0.3) is 0 Å². The zero-order chi connectivity index (χ0) is 3.58. The maximum atomic E-state index is 8.25. The minimum Gasteiger partial charge on any atom is -0.356 e. The molecule has 0 amide bonds. The van der Waals surface area contributed by atoms with E-state index in [2.05, 4.69) is 0 Å². The van der Waals surface area contributed by atoms with Crippen LogP contribution in [0.1, 0.15) is 0 Å². The molecule has 0 bridgehead atoms. The van der Waals surface area contributed by atoms with Gasteiger partial charge in [-0.3, -0.25) is 0 Å². The molecule has 31 valence electrons. The van der Waals surface area contributed by atoms with Crippen molar-refractivity contribution in [2.75, 3.05) is 0 Å². The van der Waals surface area contributed by atoms with Crippen molar-refractivity contribution in [3.63, 3.8) is 0 Å². The van der Waals surface area contributed by atoms with Crippen molar-refractivity contribution in [2.45, 2.75) is 0 Å². The molecule has 0 aromatic carbocycles. The average Bonchev–Trinajstić information content (AvgIpc) is 0.811. The topological polar surface area (TPSA) is 66.2 Å². The van der Waals surface area contributed by atoms with Crippen LogP contribution in [0.4, 0.5) is 0 Å². The second-order valence-electron chi connectivity index (χ2n) is 0.224. The van der Waals surface area contributed by atoms with Gasteiger partial charge in [0.2, 0.25) is 0 Å². The van der Waals surface area contributed by atoms with E-state index in [0.717, 1.165) is 0 Å². The average molecular weight is 118 g/mol. The van der Waals surface area contributed by atoms with E-state index in [0.29, 0.717) is 0 Å². The van der Waals surface area contributed by atoms with Crippen LogP contribution < -0.4 is 0 Å². The normalized spacial score (nSPS) is 4.80. The van der Waals surface area contributed by atoms with Gasteiger partial charge < -0.3 is 15.3 Å². The molecule has 0 unspecified atom stereocenters. The predicted octanol–water partition coefficient (Wildman–Crippen LogP) is -0.242. The first kappa shape index (κ1) is 8.83. The van der Waals surface area contributed by atoms with Crippen LogP contribution >= 0.6 is 0 Å². The summed E-state index contributed by atoms with van der Waals surface area (Å²) in [6, 6.07) is 0. The van der Waals surface area contributed by atoms with Gasteiger partial charge in [-0.05, 0) is 0 Å². The molecule has 0 aromatic rings. The Kier molecular flexibility index (Phi) is 6.57. The molecule has 0 spiro atoms. The Labute approximate surface area is 38.4 Å². The van der Waals surface area contributed by atoms with Gasteiger partial charge in [0.1, 0.15) is 0 Å². The minimum absolute atomic E-state index is 0. The number of rotatable bonds is 0. The van der Waals surface area contributed by atoms with Crippen LogP contribution in [-0.2, 0) is 17.1 Å². The third-order valence-corrected chi connectivity index (χ3v) is 0. The summed E-state index contributed by atoms with van der Waals surface area (Å²) in [5, 5.41) is 14.8. The summed E-state index contributed by atoms with van der Waals surface area (Å²) < 4.78 is 0. The van der Waals surface area contributed by atoms with Crippen molar-refractivity contribution in [3.05, 3.63) is 15.3 Å². The van der Waals surface area contributed by atoms with E-state index >= 15 is 0 Å². The van der Waals surface area contributed by atoms with Crippen molar-refractivity contribution >= 4 is 0 Å². The summed E-state index contributed by atoms with van der Waals surface area (Å²) in [5.74, 6) is 0. The van der Waals surface area contributed by atoms with E-state index in [9.17, 15) is 0 Å². The van der Waals surface area contributed by atoms with E-state index < -0.39 is 5.09 Å². The number of hydrogen-bond acceptors (Lipinski definition) is 3. The van der Waals surface area contributed by atoms with Gasteiger partial charge in [0.05, 0.1) is 5.09 Å². The van der Waals surface area contributed by atoms with Gasteiger partial charge in [-0.2, -0.15) is 0 Å². The van der Waals surface area contributed by atoms with Gasteiger partial charge in [-0.25, -0.2) is 0 Å². The Morgan fingerprint density at radius 3 is 1.40 bits per heavy atom. The third kappa shape index (κ3) is 140. The van der Waals surface area contributed by atoms with Gasteiger partial charge in [0.15, 0.2) is 0 Å². The molecule has 0 aliphatic heterocycles. The maximum absolute atomic E-state index is 8.25. The molecule has 0 heterocycles. The fourth-order valence-corrected chi connectivity index (χ4v) is 0. The van der Waals surface area contributed by atoms with Gasteiger partial charge in [0.25, 0.3) is 0 Å². The quantitative estimate of drug-likeness (QED) is 0.250. The Morgan fingerprint density at radius 2 is 1.40 bits per heavy atom. The molecule has 0 aliphatic rings. The largest absolute Gasteiger partial charge is 1.00 e. The van der Waals surface area contributed by atoms with Gasteiger partial charge in [-0.15, -0.1) is 0 Å². The summed E-state index contributed by atoms with van der Waals surface area (Å²) >= 11 is 0. The van der Waals surface area contributed by atoms with Crippen molar-refractivity contribution in [1.29, 1.82) is 0 Å². The summed E-state index contributed by atoms with van der Waals surface area (Å²) in [6.07, 6.45) is 0. The van der Waals surface area contributed by atoms with Gasteiger partial charge >= 0.3 is 17.1 Å².